The van der Waals surface area contributed by atoms with E-state index in [0.717, 1.165) is 55.7 Å². The smallest absolute Gasteiger partial charge is 0.191 e. The summed E-state index contributed by atoms with van der Waals surface area (Å²) >= 11 is 0. The molecular formula is C25H36N4O2. The molecule has 6 heteroatoms. The first-order chi connectivity index (χ1) is 15.2. The summed E-state index contributed by atoms with van der Waals surface area (Å²) in [6, 6.07) is 16.4. The standard InChI is InChI=1S/C25H36N4O2/c1-4-26-25(28-18-22-7-5-6-8-24(22)31-3)27-17-20-13-15-29(16-14-20)19-21-9-11-23(30-2)12-10-21/h5-12,20H,4,13-19H2,1-3H3,(H2,26,27,28). The summed E-state index contributed by atoms with van der Waals surface area (Å²) in [5, 5.41) is 6.90. The van der Waals surface area contributed by atoms with Crippen LogP contribution >= 0.6 is 0 Å². The fourth-order valence-electron chi connectivity index (χ4n) is 3.92. The molecule has 0 spiro atoms. The number of para-hydroxylation sites is 1. The SMILES string of the molecule is CCNC(=NCc1ccccc1OC)NCC1CCN(Cc2ccc(OC)cc2)CC1. The average Bonchev–Trinajstić information content (AvgIpc) is 2.82. The van der Waals surface area contributed by atoms with Crippen LogP contribution in [0, 0.1) is 5.92 Å². The van der Waals surface area contributed by atoms with Crippen molar-refractivity contribution in [3.63, 3.8) is 0 Å². The molecule has 0 saturated carbocycles. The second kappa shape index (κ2) is 12.2. The number of nitrogens with zero attached hydrogens (tertiary/aromatic N) is 2. The minimum Gasteiger partial charge on any atom is -0.497 e. The average molecular weight is 425 g/mol. The number of likely N-dealkylation sites (tertiary alicyclic amines) is 1. The molecule has 1 aliphatic heterocycles. The van der Waals surface area contributed by atoms with Crippen molar-refractivity contribution in [1.82, 2.24) is 15.5 Å². The molecule has 0 aliphatic carbocycles. The van der Waals surface area contributed by atoms with Gasteiger partial charge in [-0.25, -0.2) is 4.99 Å². The van der Waals surface area contributed by atoms with Gasteiger partial charge in [-0.05, 0) is 62.5 Å². The van der Waals surface area contributed by atoms with Crippen LogP contribution in [0.5, 0.6) is 11.5 Å². The molecule has 168 valence electrons. The van der Waals surface area contributed by atoms with Crippen molar-refractivity contribution in [2.24, 2.45) is 10.9 Å². The summed E-state index contributed by atoms with van der Waals surface area (Å²) in [6.07, 6.45) is 2.41. The van der Waals surface area contributed by atoms with Crippen LogP contribution in [0.3, 0.4) is 0 Å². The Bertz CT molecular complexity index is 815. The van der Waals surface area contributed by atoms with E-state index in [2.05, 4.69) is 40.7 Å². The molecule has 0 aromatic heterocycles. The highest BCUT2D eigenvalue weighted by Gasteiger charge is 2.19. The molecule has 0 atom stereocenters. The van der Waals surface area contributed by atoms with E-state index in [4.69, 9.17) is 14.5 Å². The van der Waals surface area contributed by atoms with E-state index in [0.29, 0.717) is 12.5 Å². The third-order valence-corrected chi connectivity index (χ3v) is 5.77. The van der Waals surface area contributed by atoms with Crippen molar-refractivity contribution in [2.45, 2.75) is 32.9 Å². The van der Waals surface area contributed by atoms with Gasteiger partial charge in [0.2, 0.25) is 0 Å². The van der Waals surface area contributed by atoms with Gasteiger partial charge in [-0.3, -0.25) is 4.90 Å². The van der Waals surface area contributed by atoms with Gasteiger partial charge in [0.15, 0.2) is 5.96 Å². The van der Waals surface area contributed by atoms with Gasteiger partial charge in [0.25, 0.3) is 0 Å². The zero-order valence-corrected chi connectivity index (χ0v) is 19.1. The second-order valence-corrected chi connectivity index (χ2v) is 7.96. The number of aliphatic imine (C=N–C) groups is 1. The maximum Gasteiger partial charge on any atom is 0.191 e. The zero-order valence-electron chi connectivity index (χ0n) is 19.1. The Morgan fingerprint density at radius 2 is 1.74 bits per heavy atom. The lowest BCUT2D eigenvalue weighted by molar-refractivity contribution is 0.178. The van der Waals surface area contributed by atoms with Crippen molar-refractivity contribution in [3.05, 3.63) is 59.7 Å². The van der Waals surface area contributed by atoms with Crippen LogP contribution in [0.2, 0.25) is 0 Å². The predicted octanol–water partition coefficient (Wildman–Crippen LogP) is 3.67. The summed E-state index contributed by atoms with van der Waals surface area (Å²) in [7, 11) is 3.41. The normalized spacial score (nSPS) is 15.5. The molecule has 2 N–H and O–H groups in total. The van der Waals surface area contributed by atoms with E-state index in [9.17, 15) is 0 Å². The minimum atomic E-state index is 0.597. The summed E-state index contributed by atoms with van der Waals surface area (Å²) in [5.41, 5.74) is 2.43. The maximum atomic E-state index is 5.44. The van der Waals surface area contributed by atoms with E-state index in [1.165, 1.54) is 18.4 Å². The van der Waals surface area contributed by atoms with Crippen molar-refractivity contribution in [2.75, 3.05) is 40.4 Å². The zero-order chi connectivity index (χ0) is 21.9. The number of methoxy groups -OCH3 is 2. The van der Waals surface area contributed by atoms with Gasteiger partial charge in [-0.1, -0.05) is 30.3 Å². The Morgan fingerprint density at radius 3 is 2.42 bits per heavy atom. The van der Waals surface area contributed by atoms with Crippen LogP contribution in [0.15, 0.2) is 53.5 Å². The van der Waals surface area contributed by atoms with Crippen LogP contribution in [-0.2, 0) is 13.1 Å². The van der Waals surface area contributed by atoms with Gasteiger partial charge in [-0.2, -0.15) is 0 Å². The first-order valence-corrected chi connectivity index (χ1v) is 11.2. The van der Waals surface area contributed by atoms with E-state index in [1.807, 2.05) is 30.3 Å². The number of ether oxygens (including phenoxy) is 2. The van der Waals surface area contributed by atoms with Crippen molar-refractivity contribution < 1.29 is 9.47 Å². The molecule has 3 rings (SSSR count). The predicted molar refractivity (Wildman–Crippen MR) is 127 cm³/mol. The van der Waals surface area contributed by atoms with E-state index in [-0.39, 0.29) is 0 Å². The van der Waals surface area contributed by atoms with Gasteiger partial charge in [0.05, 0.1) is 20.8 Å². The monoisotopic (exact) mass is 424 g/mol. The number of hydrogen-bond acceptors (Lipinski definition) is 4. The fraction of sp³-hybridized carbons (Fsp3) is 0.480. The lowest BCUT2D eigenvalue weighted by Crippen LogP contribution is -2.42. The molecule has 0 unspecified atom stereocenters. The van der Waals surface area contributed by atoms with Crippen LogP contribution in [-0.4, -0.2) is 51.3 Å². The molecular weight excluding hydrogens is 388 g/mol. The highest BCUT2D eigenvalue weighted by molar-refractivity contribution is 5.79. The highest BCUT2D eigenvalue weighted by Crippen LogP contribution is 2.20. The molecule has 2 aromatic carbocycles. The Kier molecular flexibility index (Phi) is 9.03. The van der Waals surface area contributed by atoms with Crippen molar-refractivity contribution in [1.29, 1.82) is 0 Å². The van der Waals surface area contributed by atoms with Gasteiger partial charge in [0, 0.05) is 25.2 Å². The number of nitrogens with one attached hydrogen (secondary N) is 2. The first kappa shape index (κ1) is 22.9. The topological polar surface area (TPSA) is 58.1 Å². The Labute approximate surface area is 186 Å². The molecule has 6 nitrogen and oxygen atoms in total. The summed E-state index contributed by atoms with van der Waals surface area (Å²) in [6.45, 7) is 7.76. The molecule has 1 aliphatic rings. The molecule has 1 fully saturated rings. The van der Waals surface area contributed by atoms with E-state index in [1.54, 1.807) is 14.2 Å². The number of guanidine groups is 1. The largest absolute Gasteiger partial charge is 0.497 e. The van der Waals surface area contributed by atoms with E-state index < -0.39 is 0 Å². The number of rotatable bonds is 9. The van der Waals surface area contributed by atoms with Crippen LogP contribution < -0.4 is 20.1 Å². The third-order valence-electron chi connectivity index (χ3n) is 5.77. The fourth-order valence-corrected chi connectivity index (χ4v) is 3.92. The number of piperidine rings is 1. The van der Waals surface area contributed by atoms with Crippen molar-refractivity contribution >= 4 is 5.96 Å². The Morgan fingerprint density at radius 1 is 1.00 bits per heavy atom. The van der Waals surface area contributed by atoms with Gasteiger partial charge >= 0.3 is 0 Å². The van der Waals surface area contributed by atoms with Crippen LogP contribution in [0.1, 0.15) is 30.9 Å². The Hall–Kier alpha value is -2.73. The van der Waals surface area contributed by atoms with Crippen LogP contribution in [0.25, 0.3) is 0 Å². The van der Waals surface area contributed by atoms with E-state index >= 15 is 0 Å². The molecule has 0 radical (unpaired) electrons. The first-order valence-electron chi connectivity index (χ1n) is 11.2. The quantitative estimate of drug-likeness (QED) is 0.475. The molecule has 2 aromatic rings. The molecule has 0 amide bonds. The highest BCUT2D eigenvalue weighted by atomic mass is 16.5. The van der Waals surface area contributed by atoms with Crippen LogP contribution in [0.4, 0.5) is 0 Å². The second-order valence-electron chi connectivity index (χ2n) is 7.96. The minimum absolute atomic E-state index is 0.597. The van der Waals surface area contributed by atoms with Gasteiger partial charge < -0.3 is 20.1 Å². The third kappa shape index (κ3) is 7.17. The summed E-state index contributed by atoms with van der Waals surface area (Å²) < 4.78 is 10.7. The lowest BCUT2D eigenvalue weighted by Gasteiger charge is -2.32. The number of hydrogen-bond donors (Lipinski definition) is 2. The van der Waals surface area contributed by atoms with Crippen molar-refractivity contribution in [3.8, 4) is 11.5 Å². The lowest BCUT2D eigenvalue weighted by atomic mass is 9.96. The molecule has 1 heterocycles. The van der Waals surface area contributed by atoms with Gasteiger partial charge in [-0.15, -0.1) is 0 Å². The Balaban J connectivity index is 1.45. The molecule has 0 bridgehead atoms. The van der Waals surface area contributed by atoms with Gasteiger partial charge in [0.1, 0.15) is 11.5 Å². The number of benzene rings is 2. The molecule has 1 saturated heterocycles. The maximum absolute atomic E-state index is 5.44. The summed E-state index contributed by atoms with van der Waals surface area (Å²) in [4.78, 5) is 7.30. The summed E-state index contributed by atoms with van der Waals surface area (Å²) in [5.74, 6) is 3.33. The molecule has 31 heavy (non-hydrogen) atoms.